The standard InChI is InChI=1S/C20H18N2O8/c1-28-18(25)12-4-11(17(24)10-23)6-15(7-12)21-22-16-8-13(19(26)29-2)5-14(9-16)20(27)30-3/h4-9,23H,10H2,1-3H3. The van der Waals surface area contributed by atoms with Gasteiger partial charge in [-0.05, 0) is 36.4 Å². The number of methoxy groups -OCH3 is 3. The van der Waals surface area contributed by atoms with Crippen LogP contribution in [0, 0.1) is 0 Å². The maximum atomic E-state index is 11.8. The number of esters is 3. The van der Waals surface area contributed by atoms with Crippen molar-refractivity contribution in [2.24, 2.45) is 10.2 Å². The van der Waals surface area contributed by atoms with Crippen LogP contribution in [-0.4, -0.2) is 56.7 Å². The van der Waals surface area contributed by atoms with Gasteiger partial charge >= 0.3 is 17.9 Å². The number of carbonyl (C=O) groups excluding carboxylic acids is 4. The number of hydrogen-bond acceptors (Lipinski definition) is 10. The molecule has 2 aromatic rings. The number of ether oxygens (including phenoxy) is 3. The summed E-state index contributed by atoms with van der Waals surface area (Å²) in [6.07, 6.45) is 0. The van der Waals surface area contributed by atoms with Crippen LogP contribution in [0.1, 0.15) is 41.4 Å². The summed E-state index contributed by atoms with van der Waals surface area (Å²) in [5.74, 6) is -2.72. The third kappa shape index (κ3) is 5.32. The minimum atomic E-state index is -0.759. The van der Waals surface area contributed by atoms with E-state index in [9.17, 15) is 19.2 Å². The van der Waals surface area contributed by atoms with Gasteiger partial charge < -0.3 is 19.3 Å². The summed E-state index contributed by atoms with van der Waals surface area (Å²) in [5, 5.41) is 17.0. The van der Waals surface area contributed by atoms with E-state index in [1.54, 1.807) is 0 Å². The van der Waals surface area contributed by atoms with Gasteiger partial charge in [-0.25, -0.2) is 14.4 Å². The maximum Gasteiger partial charge on any atom is 0.337 e. The van der Waals surface area contributed by atoms with Crippen molar-refractivity contribution < 1.29 is 38.5 Å². The topological polar surface area (TPSA) is 141 Å². The van der Waals surface area contributed by atoms with E-state index in [0.29, 0.717) is 0 Å². The fraction of sp³-hybridized carbons (Fsp3) is 0.200. The fourth-order valence-electron chi connectivity index (χ4n) is 2.41. The summed E-state index contributed by atoms with van der Waals surface area (Å²) >= 11 is 0. The Hall–Kier alpha value is -3.92. The summed E-state index contributed by atoms with van der Waals surface area (Å²) in [6, 6.07) is 7.87. The summed E-state index contributed by atoms with van der Waals surface area (Å²) in [6.45, 7) is -0.759. The van der Waals surface area contributed by atoms with Gasteiger partial charge in [0.1, 0.15) is 6.61 Å². The van der Waals surface area contributed by atoms with Crippen molar-refractivity contribution in [2.75, 3.05) is 27.9 Å². The van der Waals surface area contributed by atoms with Gasteiger partial charge in [-0.1, -0.05) is 0 Å². The summed E-state index contributed by atoms with van der Waals surface area (Å²) in [7, 11) is 3.55. The smallest absolute Gasteiger partial charge is 0.337 e. The zero-order chi connectivity index (χ0) is 22.3. The quantitative estimate of drug-likeness (QED) is 0.315. The molecule has 0 amide bonds. The van der Waals surface area contributed by atoms with Crippen molar-refractivity contribution in [1.82, 2.24) is 0 Å². The van der Waals surface area contributed by atoms with Crippen molar-refractivity contribution in [3.8, 4) is 0 Å². The molecule has 0 heterocycles. The van der Waals surface area contributed by atoms with Gasteiger partial charge in [0, 0.05) is 5.56 Å². The first-order chi connectivity index (χ1) is 14.3. The van der Waals surface area contributed by atoms with Crippen molar-refractivity contribution in [1.29, 1.82) is 0 Å². The second kappa shape index (κ2) is 10.0. The van der Waals surface area contributed by atoms with Crippen LogP contribution < -0.4 is 0 Å². The van der Waals surface area contributed by atoms with E-state index in [0.717, 1.165) is 0 Å². The molecular formula is C20H18N2O8. The molecule has 10 heteroatoms. The van der Waals surface area contributed by atoms with Crippen LogP contribution in [0.2, 0.25) is 0 Å². The van der Waals surface area contributed by atoms with Gasteiger partial charge in [0.05, 0.1) is 49.4 Å². The Morgan fingerprint density at radius 1 is 0.667 bits per heavy atom. The van der Waals surface area contributed by atoms with Gasteiger partial charge in [-0.2, -0.15) is 10.2 Å². The van der Waals surface area contributed by atoms with Crippen molar-refractivity contribution >= 4 is 35.1 Å². The molecule has 0 aromatic heterocycles. The first-order valence-corrected chi connectivity index (χ1v) is 8.43. The average Bonchev–Trinajstić information content (AvgIpc) is 2.79. The third-order valence-electron chi connectivity index (χ3n) is 3.85. The number of nitrogens with zero attached hydrogens (tertiary/aromatic N) is 2. The van der Waals surface area contributed by atoms with Gasteiger partial charge in [0.2, 0.25) is 0 Å². The highest BCUT2D eigenvalue weighted by atomic mass is 16.5. The lowest BCUT2D eigenvalue weighted by Gasteiger charge is -2.06. The average molecular weight is 414 g/mol. The molecule has 30 heavy (non-hydrogen) atoms. The zero-order valence-corrected chi connectivity index (χ0v) is 16.4. The predicted octanol–water partition coefficient (Wildman–Crippen LogP) is 2.64. The van der Waals surface area contributed by atoms with Crippen molar-refractivity contribution in [2.45, 2.75) is 0 Å². The molecule has 0 bridgehead atoms. The Kier molecular flexibility index (Phi) is 7.48. The molecule has 0 aliphatic rings. The molecule has 10 nitrogen and oxygen atoms in total. The molecule has 0 radical (unpaired) electrons. The highest BCUT2D eigenvalue weighted by Crippen LogP contribution is 2.25. The number of rotatable bonds is 7. The number of hydrogen-bond donors (Lipinski definition) is 1. The molecule has 0 saturated heterocycles. The van der Waals surface area contributed by atoms with Crippen LogP contribution in [-0.2, 0) is 14.2 Å². The summed E-state index contributed by atoms with van der Waals surface area (Å²) in [4.78, 5) is 47.4. The molecule has 1 N–H and O–H groups in total. The van der Waals surface area contributed by atoms with Crippen LogP contribution in [0.3, 0.4) is 0 Å². The monoisotopic (exact) mass is 414 g/mol. The largest absolute Gasteiger partial charge is 0.465 e. The Morgan fingerprint density at radius 3 is 1.33 bits per heavy atom. The molecule has 0 unspecified atom stereocenters. The highest BCUT2D eigenvalue weighted by molar-refractivity contribution is 6.01. The number of carbonyl (C=O) groups is 4. The molecule has 0 atom stereocenters. The Labute approximate surface area is 171 Å². The van der Waals surface area contributed by atoms with E-state index in [4.69, 9.17) is 5.11 Å². The molecule has 0 aliphatic heterocycles. The second-order valence-electron chi connectivity index (χ2n) is 5.79. The number of Topliss-reactive ketones (excluding diaryl/α,β-unsaturated/α-hetero) is 1. The fourth-order valence-corrected chi connectivity index (χ4v) is 2.41. The molecule has 2 rings (SSSR count). The van der Waals surface area contributed by atoms with E-state index in [1.165, 1.54) is 57.7 Å². The lowest BCUT2D eigenvalue weighted by molar-refractivity contribution is 0.0587. The van der Waals surface area contributed by atoms with Crippen molar-refractivity contribution in [3.63, 3.8) is 0 Å². The van der Waals surface area contributed by atoms with E-state index < -0.39 is 30.3 Å². The maximum absolute atomic E-state index is 11.8. The Bertz CT molecular complexity index is 879. The molecule has 0 fully saturated rings. The van der Waals surface area contributed by atoms with Gasteiger partial charge in [-0.15, -0.1) is 0 Å². The van der Waals surface area contributed by atoms with Crippen LogP contribution in [0.15, 0.2) is 46.6 Å². The van der Waals surface area contributed by atoms with Crippen LogP contribution >= 0.6 is 0 Å². The Balaban J connectivity index is 2.52. The third-order valence-corrected chi connectivity index (χ3v) is 3.85. The molecule has 0 saturated carbocycles. The van der Waals surface area contributed by atoms with Crippen LogP contribution in [0.5, 0.6) is 0 Å². The number of benzene rings is 2. The predicted molar refractivity (Wildman–Crippen MR) is 102 cm³/mol. The van der Waals surface area contributed by atoms with Gasteiger partial charge in [-0.3, -0.25) is 4.79 Å². The minimum Gasteiger partial charge on any atom is -0.465 e. The van der Waals surface area contributed by atoms with Gasteiger partial charge in [0.15, 0.2) is 5.78 Å². The number of azo groups is 1. The second-order valence-corrected chi connectivity index (χ2v) is 5.79. The van der Waals surface area contributed by atoms with Crippen molar-refractivity contribution in [3.05, 3.63) is 58.7 Å². The molecule has 156 valence electrons. The molecule has 2 aromatic carbocycles. The molecule has 0 aliphatic carbocycles. The zero-order valence-electron chi connectivity index (χ0n) is 16.4. The first kappa shape index (κ1) is 22.4. The number of ketones is 1. The Morgan fingerprint density at radius 2 is 1.00 bits per heavy atom. The number of aliphatic hydroxyl groups is 1. The number of aliphatic hydroxyl groups excluding tert-OH is 1. The molecule has 0 spiro atoms. The van der Waals surface area contributed by atoms with Crippen LogP contribution in [0.25, 0.3) is 0 Å². The van der Waals surface area contributed by atoms with E-state index in [2.05, 4.69) is 24.4 Å². The van der Waals surface area contributed by atoms with E-state index >= 15 is 0 Å². The summed E-state index contributed by atoms with van der Waals surface area (Å²) < 4.78 is 14.0. The lowest BCUT2D eigenvalue weighted by atomic mass is 10.1. The highest BCUT2D eigenvalue weighted by Gasteiger charge is 2.15. The first-order valence-electron chi connectivity index (χ1n) is 8.43. The SMILES string of the molecule is COC(=O)c1cc(N=Nc2cc(C(=O)OC)cc(C(=O)OC)c2)cc(C(=O)CO)c1. The van der Waals surface area contributed by atoms with Gasteiger partial charge in [0.25, 0.3) is 0 Å². The normalized spacial score (nSPS) is 10.5. The molecular weight excluding hydrogens is 396 g/mol. The minimum absolute atomic E-state index is 0.0318. The van der Waals surface area contributed by atoms with E-state index in [1.807, 2.05) is 0 Å². The summed E-state index contributed by atoms with van der Waals surface area (Å²) in [5.41, 5.74) is 0.398. The van der Waals surface area contributed by atoms with Crippen LogP contribution in [0.4, 0.5) is 11.4 Å². The van der Waals surface area contributed by atoms with E-state index in [-0.39, 0.29) is 33.6 Å². The lowest BCUT2D eigenvalue weighted by Crippen LogP contribution is -2.07.